The van der Waals surface area contributed by atoms with Crippen LogP contribution < -0.4 is 5.32 Å². The zero-order valence-electron chi connectivity index (χ0n) is 12.0. The van der Waals surface area contributed by atoms with E-state index in [-0.39, 0.29) is 12.4 Å². The Morgan fingerprint density at radius 2 is 1.84 bits per heavy atom. The predicted octanol–water partition coefficient (Wildman–Crippen LogP) is 2.44. The summed E-state index contributed by atoms with van der Waals surface area (Å²) in [5.74, 6) is 1.02. The minimum absolute atomic E-state index is 0. The third kappa shape index (κ3) is 5.22. The Morgan fingerprint density at radius 3 is 2.47 bits per heavy atom. The van der Waals surface area contributed by atoms with E-state index in [2.05, 4.69) is 10.2 Å². The number of ether oxygens (including phenoxy) is 1. The van der Waals surface area contributed by atoms with Crippen LogP contribution in [-0.2, 0) is 4.74 Å². The monoisotopic (exact) mass is 288 g/mol. The van der Waals surface area contributed by atoms with E-state index in [9.17, 15) is 0 Å². The number of halogens is 1. The largest absolute Gasteiger partial charge is 0.378 e. The van der Waals surface area contributed by atoms with Gasteiger partial charge in [0.2, 0.25) is 0 Å². The minimum atomic E-state index is 0. The third-order valence-electron chi connectivity index (χ3n) is 4.77. The normalized spacial score (nSPS) is 29.4. The molecule has 3 rings (SSSR count). The van der Waals surface area contributed by atoms with Crippen molar-refractivity contribution < 1.29 is 4.74 Å². The smallest absolute Gasteiger partial charge is 0.0588 e. The molecule has 0 aromatic rings. The van der Waals surface area contributed by atoms with Crippen LogP contribution in [-0.4, -0.2) is 49.8 Å². The summed E-state index contributed by atoms with van der Waals surface area (Å²) in [7, 11) is 0. The highest BCUT2D eigenvalue weighted by atomic mass is 35.5. The molecule has 0 radical (unpaired) electrons. The molecule has 3 nitrogen and oxygen atoms in total. The lowest BCUT2D eigenvalue weighted by Gasteiger charge is -2.33. The fraction of sp³-hybridized carbons (Fsp3) is 1.00. The zero-order valence-corrected chi connectivity index (χ0v) is 12.8. The van der Waals surface area contributed by atoms with Gasteiger partial charge in [-0.2, -0.15) is 0 Å². The molecule has 0 spiro atoms. The molecule has 0 aromatic carbocycles. The van der Waals surface area contributed by atoms with Crippen LogP contribution in [0.1, 0.15) is 44.9 Å². The van der Waals surface area contributed by atoms with E-state index in [1.165, 1.54) is 71.1 Å². The van der Waals surface area contributed by atoms with Crippen LogP contribution in [0.25, 0.3) is 0 Å². The Labute approximate surface area is 123 Å². The fourth-order valence-corrected chi connectivity index (χ4v) is 3.21. The van der Waals surface area contributed by atoms with Gasteiger partial charge in [-0.25, -0.2) is 0 Å². The third-order valence-corrected chi connectivity index (χ3v) is 4.77. The Hall–Kier alpha value is 0.170. The van der Waals surface area contributed by atoms with Gasteiger partial charge < -0.3 is 15.0 Å². The summed E-state index contributed by atoms with van der Waals surface area (Å²) in [4.78, 5) is 2.64. The molecule has 4 heteroatoms. The van der Waals surface area contributed by atoms with Gasteiger partial charge in [0.05, 0.1) is 6.10 Å². The maximum absolute atomic E-state index is 5.70. The number of nitrogens with one attached hydrogen (secondary N) is 1. The molecule has 1 unspecified atom stereocenters. The molecule has 0 amide bonds. The number of nitrogens with zero attached hydrogens (tertiary/aromatic N) is 1. The van der Waals surface area contributed by atoms with Crippen LogP contribution in [0.15, 0.2) is 0 Å². The SMILES string of the molecule is C1COC(CCN2CCC(NCC3CC3)CC2)C1.Cl. The number of hydrogen-bond acceptors (Lipinski definition) is 3. The number of piperidine rings is 1. The zero-order chi connectivity index (χ0) is 12.2. The molecule has 0 aromatic heterocycles. The van der Waals surface area contributed by atoms with E-state index in [1.807, 2.05) is 0 Å². The van der Waals surface area contributed by atoms with Gasteiger partial charge in [-0.1, -0.05) is 0 Å². The number of rotatable bonds is 6. The van der Waals surface area contributed by atoms with Crippen LogP contribution in [0.4, 0.5) is 0 Å². The van der Waals surface area contributed by atoms with Crippen LogP contribution >= 0.6 is 12.4 Å². The molecule has 0 bridgehead atoms. The first-order chi connectivity index (χ1) is 8.90. The summed E-state index contributed by atoms with van der Waals surface area (Å²) in [5, 5.41) is 3.75. The van der Waals surface area contributed by atoms with Crippen LogP contribution in [0.2, 0.25) is 0 Å². The summed E-state index contributed by atoms with van der Waals surface area (Å²) >= 11 is 0. The second-order valence-electron chi connectivity index (χ2n) is 6.39. The molecule has 1 aliphatic carbocycles. The molecule has 3 fully saturated rings. The van der Waals surface area contributed by atoms with E-state index in [0.717, 1.165) is 18.6 Å². The lowest BCUT2D eigenvalue weighted by molar-refractivity contribution is 0.0867. The molecule has 3 aliphatic rings. The Morgan fingerprint density at radius 1 is 1.05 bits per heavy atom. The number of likely N-dealkylation sites (tertiary alicyclic amines) is 1. The fourth-order valence-electron chi connectivity index (χ4n) is 3.21. The van der Waals surface area contributed by atoms with Crippen molar-refractivity contribution in [3.8, 4) is 0 Å². The van der Waals surface area contributed by atoms with Gasteiger partial charge in [-0.15, -0.1) is 12.4 Å². The second-order valence-corrected chi connectivity index (χ2v) is 6.39. The van der Waals surface area contributed by atoms with Crippen molar-refractivity contribution in [1.29, 1.82) is 0 Å². The van der Waals surface area contributed by atoms with Crippen molar-refractivity contribution in [2.75, 3.05) is 32.8 Å². The van der Waals surface area contributed by atoms with Crippen LogP contribution in [0, 0.1) is 5.92 Å². The van der Waals surface area contributed by atoms with Crippen molar-refractivity contribution in [2.24, 2.45) is 5.92 Å². The Kier molecular flexibility index (Phi) is 6.40. The van der Waals surface area contributed by atoms with Gasteiger partial charge in [0, 0.05) is 19.2 Å². The quantitative estimate of drug-likeness (QED) is 0.812. The van der Waals surface area contributed by atoms with Gasteiger partial charge >= 0.3 is 0 Å². The average molecular weight is 289 g/mol. The minimum Gasteiger partial charge on any atom is -0.378 e. The molecule has 2 heterocycles. The van der Waals surface area contributed by atoms with E-state index in [0.29, 0.717) is 6.10 Å². The molecule has 19 heavy (non-hydrogen) atoms. The lowest BCUT2D eigenvalue weighted by atomic mass is 10.0. The summed E-state index contributed by atoms with van der Waals surface area (Å²) in [6.07, 6.45) is 10.0. The molecule has 2 saturated heterocycles. The van der Waals surface area contributed by atoms with Gasteiger partial charge in [0.1, 0.15) is 0 Å². The van der Waals surface area contributed by atoms with E-state index in [4.69, 9.17) is 4.74 Å². The highest BCUT2D eigenvalue weighted by Gasteiger charge is 2.24. The summed E-state index contributed by atoms with van der Waals surface area (Å²) in [5.41, 5.74) is 0. The standard InChI is InChI=1S/C15H28N2O.ClH/c1-2-15(18-11-1)7-10-17-8-5-14(6-9-17)16-12-13-3-4-13;/h13-16H,1-12H2;1H. The average Bonchev–Trinajstić information content (AvgIpc) is 3.09. The first-order valence-corrected chi connectivity index (χ1v) is 7.97. The van der Waals surface area contributed by atoms with Gasteiger partial charge in [-0.3, -0.25) is 0 Å². The maximum Gasteiger partial charge on any atom is 0.0588 e. The van der Waals surface area contributed by atoms with E-state index in [1.54, 1.807) is 0 Å². The van der Waals surface area contributed by atoms with Crippen LogP contribution in [0.3, 0.4) is 0 Å². The summed E-state index contributed by atoms with van der Waals surface area (Å²) < 4.78 is 5.70. The molecule has 1 atom stereocenters. The summed E-state index contributed by atoms with van der Waals surface area (Å²) in [6.45, 7) is 6.10. The molecular weight excluding hydrogens is 260 g/mol. The second kappa shape index (κ2) is 7.82. The molecule has 112 valence electrons. The van der Waals surface area contributed by atoms with Crippen molar-refractivity contribution in [3.05, 3.63) is 0 Å². The molecule has 1 N–H and O–H groups in total. The van der Waals surface area contributed by atoms with Crippen molar-refractivity contribution in [1.82, 2.24) is 10.2 Å². The maximum atomic E-state index is 5.70. The van der Waals surface area contributed by atoms with Gasteiger partial charge in [-0.05, 0) is 70.5 Å². The van der Waals surface area contributed by atoms with Crippen molar-refractivity contribution >= 4 is 12.4 Å². The molecule has 2 aliphatic heterocycles. The predicted molar refractivity (Wildman–Crippen MR) is 81.0 cm³/mol. The van der Waals surface area contributed by atoms with Crippen LogP contribution in [0.5, 0.6) is 0 Å². The molecular formula is C15H29ClN2O. The van der Waals surface area contributed by atoms with Crippen molar-refractivity contribution in [2.45, 2.75) is 57.1 Å². The van der Waals surface area contributed by atoms with E-state index >= 15 is 0 Å². The van der Waals surface area contributed by atoms with Crippen molar-refractivity contribution in [3.63, 3.8) is 0 Å². The first-order valence-electron chi connectivity index (χ1n) is 7.97. The lowest BCUT2D eigenvalue weighted by Crippen LogP contribution is -2.43. The topological polar surface area (TPSA) is 24.5 Å². The Bertz CT molecular complexity index is 247. The van der Waals surface area contributed by atoms with Gasteiger partial charge in [0.15, 0.2) is 0 Å². The first kappa shape index (κ1) is 15.6. The Balaban J connectivity index is 0.00000133. The highest BCUT2D eigenvalue weighted by molar-refractivity contribution is 5.85. The summed E-state index contributed by atoms with van der Waals surface area (Å²) in [6, 6.07) is 0.796. The van der Waals surface area contributed by atoms with E-state index < -0.39 is 0 Å². The van der Waals surface area contributed by atoms with Gasteiger partial charge in [0.25, 0.3) is 0 Å². The highest BCUT2D eigenvalue weighted by Crippen LogP contribution is 2.28. The molecule has 1 saturated carbocycles. The number of hydrogen-bond donors (Lipinski definition) is 1.